The summed E-state index contributed by atoms with van der Waals surface area (Å²) in [5, 5.41) is 0.794. The van der Waals surface area contributed by atoms with Crippen molar-refractivity contribution >= 4 is 43.3 Å². The maximum atomic E-state index is 12.4. The van der Waals surface area contributed by atoms with Gasteiger partial charge in [-0.05, 0) is 25.5 Å². The third kappa shape index (κ3) is 4.21. The number of thiazole rings is 1. The number of hydrogen-bond donors (Lipinski definition) is 0. The minimum Gasteiger partial charge on any atom is -0.452 e. The van der Waals surface area contributed by atoms with Crippen LogP contribution in [0.5, 0.6) is 0 Å². The minimum absolute atomic E-state index is 0.00734. The number of esters is 1. The first-order chi connectivity index (χ1) is 12.2. The van der Waals surface area contributed by atoms with Crippen molar-refractivity contribution in [2.24, 2.45) is 5.92 Å². The predicted molar refractivity (Wildman–Crippen MR) is 98.4 cm³/mol. The van der Waals surface area contributed by atoms with Crippen LogP contribution in [0.25, 0.3) is 10.2 Å². The highest BCUT2D eigenvalue weighted by Crippen LogP contribution is 2.23. The lowest BCUT2D eigenvalue weighted by atomic mass is 10.1. The highest BCUT2D eigenvalue weighted by Gasteiger charge is 2.35. The van der Waals surface area contributed by atoms with Crippen LogP contribution in [0.4, 0.5) is 0 Å². The SMILES string of the molecule is CC(OC(=O)C1CCS(=O)(=O)C1)C(=O)N(C)Cc1nc2ccccc2s1. The molecular formula is C17H20N2O5S2. The second-order valence-corrected chi connectivity index (χ2v) is 9.79. The van der Waals surface area contributed by atoms with Gasteiger partial charge in [-0.25, -0.2) is 13.4 Å². The summed E-state index contributed by atoms with van der Waals surface area (Å²) in [6.07, 6.45) is -0.714. The number of nitrogens with zero attached hydrogens (tertiary/aromatic N) is 2. The van der Waals surface area contributed by atoms with Crippen LogP contribution in [0.1, 0.15) is 18.4 Å². The highest BCUT2D eigenvalue weighted by atomic mass is 32.2. The van der Waals surface area contributed by atoms with Gasteiger partial charge in [0.2, 0.25) is 0 Å². The Morgan fingerprint density at radius 3 is 2.77 bits per heavy atom. The molecule has 1 aromatic heterocycles. The maximum absolute atomic E-state index is 12.4. The molecule has 2 unspecified atom stereocenters. The van der Waals surface area contributed by atoms with Crippen LogP contribution in [-0.2, 0) is 30.7 Å². The number of likely N-dealkylation sites (N-methyl/N-ethyl adjacent to an activating group) is 1. The van der Waals surface area contributed by atoms with Gasteiger partial charge in [-0.2, -0.15) is 0 Å². The lowest BCUT2D eigenvalue weighted by Gasteiger charge is -2.21. The summed E-state index contributed by atoms with van der Waals surface area (Å²) >= 11 is 1.51. The van der Waals surface area contributed by atoms with E-state index in [1.807, 2.05) is 24.3 Å². The summed E-state index contributed by atoms with van der Waals surface area (Å²) in [7, 11) is -1.55. The Kier molecular flexibility index (Phi) is 5.29. The predicted octanol–water partition coefficient (Wildman–Crippen LogP) is 1.62. The quantitative estimate of drug-likeness (QED) is 0.713. The molecule has 1 aromatic carbocycles. The molecule has 1 saturated heterocycles. The Morgan fingerprint density at radius 1 is 1.38 bits per heavy atom. The van der Waals surface area contributed by atoms with Crippen molar-refractivity contribution in [1.29, 1.82) is 0 Å². The fourth-order valence-electron chi connectivity index (χ4n) is 2.88. The Balaban J connectivity index is 1.58. The molecular weight excluding hydrogens is 376 g/mol. The molecule has 1 aliphatic rings. The van der Waals surface area contributed by atoms with Gasteiger partial charge in [-0.3, -0.25) is 9.59 Å². The molecule has 2 heterocycles. The third-order valence-electron chi connectivity index (χ3n) is 4.29. The van der Waals surface area contributed by atoms with Crippen LogP contribution in [0, 0.1) is 5.92 Å². The maximum Gasteiger partial charge on any atom is 0.310 e. The van der Waals surface area contributed by atoms with E-state index in [2.05, 4.69) is 4.98 Å². The third-order valence-corrected chi connectivity index (χ3v) is 7.08. The first kappa shape index (κ1) is 18.8. The van der Waals surface area contributed by atoms with Gasteiger partial charge in [0.05, 0.1) is 34.2 Å². The Morgan fingerprint density at radius 2 is 2.12 bits per heavy atom. The molecule has 9 heteroatoms. The van der Waals surface area contributed by atoms with Crippen LogP contribution < -0.4 is 0 Å². The van der Waals surface area contributed by atoms with Gasteiger partial charge in [-0.15, -0.1) is 11.3 Å². The number of sulfone groups is 1. The van der Waals surface area contributed by atoms with E-state index in [0.29, 0.717) is 6.54 Å². The number of amides is 1. The first-order valence-electron chi connectivity index (χ1n) is 8.25. The number of carbonyl (C=O) groups excluding carboxylic acids is 2. The van der Waals surface area contributed by atoms with Crippen molar-refractivity contribution < 1.29 is 22.7 Å². The van der Waals surface area contributed by atoms with E-state index in [0.717, 1.165) is 15.2 Å². The molecule has 1 amide bonds. The summed E-state index contributed by atoms with van der Waals surface area (Å²) in [5.74, 6) is -1.86. The lowest BCUT2D eigenvalue weighted by molar-refractivity contribution is -0.161. The number of aromatic nitrogens is 1. The van der Waals surface area contributed by atoms with E-state index in [-0.39, 0.29) is 23.8 Å². The number of hydrogen-bond acceptors (Lipinski definition) is 7. The van der Waals surface area contributed by atoms with Gasteiger partial charge >= 0.3 is 5.97 Å². The van der Waals surface area contributed by atoms with E-state index < -0.39 is 27.8 Å². The summed E-state index contributed by atoms with van der Waals surface area (Å²) in [4.78, 5) is 30.5. The Hall–Kier alpha value is -2.00. The van der Waals surface area contributed by atoms with Crippen LogP contribution in [-0.4, -0.2) is 54.8 Å². The molecule has 0 N–H and O–H groups in total. The zero-order valence-corrected chi connectivity index (χ0v) is 16.2. The summed E-state index contributed by atoms with van der Waals surface area (Å²) in [6.45, 7) is 1.82. The number of fused-ring (bicyclic) bond motifs is 1. The number of ether oxygens (including phenoxy) is 1. The standard InChI is InChI=1S/C17H20N2O5S2/c1-11(24-17(21)12-7-8-26(22,23)10-12)16(20)19(2)9-15-18-13-5-3-4-6-14(13)25-15/h3-6,11-12H,7-10H2,1-2H3. The van der Waals surface area contributed by atoms with Crippen LogP contribution in [0.2, 0.25) is 0 Å². The van der Waals surface area contributed by atoms with Crippen molar-refractivity contribution in [1.82, 2.24) is 9.88 Å². The van der Waals surface area contributed by atoms with Gasteiger partial charge in [0.1, 0.15) is 5.01 Å². The Labute approximate surface area is 155 Å². The molecule has 0 spiro atoms. The normalized spacial score (nSPS) is 20.0. The van der Waals surface area contributed by atoms with E-state index in [1.54, 1.807) is 7.05 Å². The molecule has 1 aliphatic heterocycles. The van der Waals surface area contributed by atoms with E-state index in [1.165, 1.54) is 23.2 Å². The summed E-state index contributed by atoms with van der Waals surface area (Å²) < 4.78 is 29.2. The smallest absolute Gasteiger partial charge is 0.310 e. The largest absolute Gasteiger partial charge is 0.452 e. The molecule has 0 bridgehead atoms. The number of rotatable bonds is 5. The fourth-order valence-corrected chi connectivity index (χ4v) is 5.63. The first-order valence-corrected chi connectivity index (χ1v) is 10.9. The molecule has 140 valence electrons. The van der Waals surface area contributed by atoms with Crippen molar-refractivity contribution in [2.75, 3.05) is 18.6 Å². The average molecular weight is 396 g/mol. The second-order valence-electron chi connectivity index (χ2n) is 6.45. The molecule has 2 aromatic rings. The molecule has 0 saturated carbocycles. The molecule has 7 nitrogen and oxygen atoms in total. The van der Waals surface area contributed by atoms with Crippen molar-refractivity contribution in [2.45, 2.75) is 26.0 Å². The van der Waals surface area contributed by atoms with Gasteiger partial charge in [-0.1, -0.05) is 12.1 Å². The van der Waals surface area contributed by atoms with E-state index in [4.69, 9.17) is 4.74 Å². The van der Waals surface area contributed by atoms with Crippen LogP contribution in [0.3, 0.4) is 0 Å². The number of benzene rings is 1. The molecule has 1 fully saturated rings. The van der Waals surface area contributed by atoms with Crippen molar-refractivity contribution in [3.63, 3.8) is 0 Å². The van der Waals surface area contributed by atoms with Gasteiger partial charge in [0.15, 0.2) is 15.9 Å². The van der Waals surface area contributed by atoms with Gasteiger partial charge in [0, 0.05) is 7.05 Å². The molecule has 0 aliphatic carbocycles. The number of para-hydroxylation sites is 1. The van der Waals surface area contributed by atoms with Crippen LogP contribution in [0.15, 0.2) is 24.3 Å². The minimum atomic E-state index is -3.17. The number of carbonyl (C=O) groups is 2. The summed E-state index contributed by atoms with van der Waals surface area (Å²) in [5.41, 5.74) is 0.885. The molecule has 3 rings (SSSR count). The second kappa shape index (κ2) is 7.32. The monoisotopic (exact) mass is 396 g/mol. The summed E-state index contributed by atoms with van der Waals surface area (Å²) in [6, 6.07) is 7.73. The van der Waals surface area contributed by atoms with Crippen LogP contribution >= 0.6 is 11.3 Å². The highest BCUT2D eigenvalue weighted by molar-refractivity contribution is 7.91. The average Bonchev–Trinajstić information content (AvgIpc) is 3.15. The van der Waals surface area contributed by atoms with Crippen molar-refractivity contribution in [3.8, 4) is 0 Å². The van der Waals surface area contributed by atoms with E-state index in [9.17, 15) is 18.0 Å². The molecule has 2 atom stereocenters. The molecule has 0 radical (unpaired) electrons. The Bertz CT molecular complexity index is 905. The zero-order chi connectivity index (χ0) is 18.9. The zero-order valence-electron chi connectivity index (χ0n) is 14.5. The van der Waals surface area contributed by atoms with Gasteiger partial charge < -0.3 is 9.64 Å². The lowest BCUT2D eigenvalue weighted by Crippen LogP contribution is -2.38. The van der Waals surface area contributed by atoms with Gasteiger partial charge in [0.25, 0.3) is 5.91 Å². The van der Waals surface area contributed by atoms with E-state index >= 15 is 0 Å². The topological polar surface area (TPSA) is 93.6 Å². The fraction of sp³-hybridized carbons (Fsp3) is 0.471. The molecule has 26 heavy (non-hydrogen) atoms. The van der Waals surface area contributed by atoms with Crippen molar-refractivity contribution in [3.05, 3.63) is 29.3 Å².